The third-order valence-corrected chi connectivity index (χ3v) is 4.02. The van der Waals surface area contributed by atoms with E-state index < -0.39 is 5.97 Å². The maximum absolute atomic E-state index is 12.7. The third-order valence-electron chi connectivity index (χ3n) is 4.02. The predicted molar refractivity (Wildman–Crippen MR) is 90.8 cm³/mol. The number of nitrogens with one attached hydrogen (secondary N) is 1. The Morgan fingerprint density at radius 3 is 2.54 bits per heavy atom. The van der Waals surface area contributed by atoms with Crippen molar-refractivity contribution in [3.63, 3.8) is 0 Å². The number of carbonyl (C=O) groups excluding carboxylic acids is 3. The van der Waals surface area contributed by atoms with Crippen LogP contribution in [0, 0.1) is 6.92 Å². The Bertz CT molecular complexity index is 621. The van der Waals surface area contributed by atoms with Gasteiger partial charge in [0.05, 0.1) is 24.3 Å². The van der Waals surface area contributed by atoms with E-state index in [2.05, 4.69) is 5.32 Å². The van der Waals surface area contributed by atoms with Gasteiger partial charge in [0.2, 0.25) is 5.91 Å². The van der Waals surface area contributed by atoms with Gasteiger partial charge in [0.25, 0.3) is 5.91 Å². The van der Waals surface area contributed by atoms with Gasteiger partial charge >= 0.3 is 5.97 Å². The molecule has 0 atom stereocenters. The van der Waals surface area contributed by atoms with Gasteiger partial charge in [0.1, 0.15) is 0 Å². The third kappa shape index (κ3) is 4.57. The van der Waals surface area contributed by atoms with Crippen LogP contribution in [0.5, 0.6) is 0 Å². The lowest BCUT2D eigenvalue weighted by atomic mass is 10.0. The molecule has 0 saturated carbocycles. The van der Waals surface area contributed by atoms with Crippen molar-refractivity contribution < 1.29 is 19.1 Å². The number of rotatable bonds is 6. The first kappa shape index (κ1) is 18.0. The summed E-state index contributed by atoms with van der Waals surface area (Å²) in [5, 5.41) is 2.76. The van der Waals surface area contributed by atoms with Crippen molar-refractivity contribution in [3.05, 3.63) is 29.3 Å². The molecule has 0 spiro atoms. The van der Waals surface area contributed by atoms with Crippen molar-refractivity contribution in [3.8, 4) is 0 Å². The second-order valence-corrected chi connectivity index (χ2v) is 5.85. The van der Waals surface area contributed by atoms with Gasteiger partial charge in [0, 0.05) is 19.5 Å². The topological polar surface area (TPSA) is 75.7 Å². The van der Waals surface area contributed by atoms with Crippen LogP contribution < -0.4 is 5.32 Å². The van der Waals surface area contributed by atoms with E-state index in [1.165, 1.54) is 0 Å². The highest BCUT2D eigenvalue weighted by molar-refractivity contribution is 6.05. The van der Waals surface area contributed by atoms with E-state index in [1.54, 1.807) is 19.1 Å². The molecule has 0 bridgehead atoms. The minimum atomic E-state index is -0.398. The summed E-state index contributed by atoms with van der Waals surface area (Å²) in [5.74, 6) is -0.749. The summed E-state index contributed by atoms with van der Waals surface area (Å²) in [7, 11) is 0. The molecular formula is C18H24N2O4. The number of hydrogen-bond acceptors (Lipinski definition) is 4. The molecule has 1 aromatic rings. The highest BCUT2D eigenvalue weighted by Crippen LogP contribution is 2.24. The highest BCUT2D eigenvalue weighted by atomic mass is 16.5. The molecule has 130 valence electrons. The van der Waals surface area contributed by atoms with Gasteiger partial charge in [-0.15, -0.1) is 0 Å². The van der Waals surface area contributed by atoms with Crippen LogP contribution in [0.25, 0.3) is 0 Å². The molecule has 2 amide bonds. The summed E-state index contributed by atoms with van der Waals surface area (Å²) in [6, 6.07) is 5.38. The monoisotopic (exact) mass is 332 g/mol. The van der Waals surface area contributed by atoms with Gasteiger partial charge in [0.15, 0.2) is 0 Å². The van der Waals surface area contributed by atoms with Crippen molar-refractivity contribution >= 4 is 23.5 Å². The van der Waals surface area contributed by atoms with Crippen molar-refractivity contribution in [2.45, 2.75) is 39.5 Å². The SMILES string of the molecule is CCOC(=O)CCC(=O)Nc1cccc(C)c1C(=O)N1CCCC1. The smallest absolute Gasteiger partial charge is 0.306 e. The largest absolute Gasteiger partial charge is 0.466 e. The summed E-state index contributed by atoms with van der Waals surface area (Å²) >= 11 is 0. The first-order valence-electron chi connectivity index (χ1n) is 8.37. The second-order valence-electron chi connectivity index (χ2n) is 5.85. The predicted octanol–water partition coefficient (Wildman–Crippen LogP) is 2.51. The number of likely N-dealkylation sites (tertiary alicyclic amines) is 1. The zero-order valence-electron chi connectivity index (χ0n) is 14.3. The highest BCUT2D eigenvalue weighted by Gasteiger charge is 2.24. The van der Waals surface area contributed by atoms with E-state index in [4.69, 9.17) is 4.74 Å². The van der Waals surface area contributed by atoms with E-state index in [9.17, 15) is 14.4 Å². The van der Waals surface area contributed by atoms with Crippen LogP contribution in [-0.2, 0) is 14.3 Å². The molecule has 0 aliphatic carbocycles. The molecule has 1 saturated heterocycles. The molecule has 0 unspecified atom stereocenters. The van der Waals surface area contributed by atoms with Crippen LogP contribution in [0.2, 0.25) is 0 Å². The van der Waals surface area contributed by atoms with Crippen LogP contribution in [0.3, 0.4) is 0 Å². The Kier molecular flexibility index (Phi) is 6.35. The van der Waals surface area contributed by atoms with E-state index in [1.807, 2.05) is 17.9 Å². The van der Waals surface area contributed by atoms with Gasteiger partial charge in [-0.25, -0.2) is 0 Å². The molecule has 6 nitrogen and oxygen atoms in total. The second kappa shape index (κ2) is 8.47. The minimum Gasteiger partial charge on any atom is -0.466 e. The molecule has 0 radical (unpaired) electrons. The molecule has 1 aliphatic rings. The number of hydrogen-bond donors (Lipinski definition) is 1. The van der Waals surface area contributed by atoms with E-state index in [0.717, 1.165) is 31.5 Å². The fraction of sp³-hybridized carbons (Fsp3) is 0.500. The van der Waals surface area contributed by atoms with Crippen LogP contribution in [0.4, 0.5) is 5.69 Å². The minimum absolute atomic E-state index is 0.0287. The fourth-order valence-electron chi connectivity index (χ4n) is 2.80. The molecule has 24 heavy (non-hydrogen) atoms. The Labute approximate surface area is 142 Å². The van der Waals surface area contributed by atoms with Gasteiger partial charge in [-0.05, 0) is 38.3 Å². The number of aryl methyl sites for hydroxylation is 1. The average molecular weight is 332 g/mol. The lowest BCUT2D eigenvalue weighted by molar-refractivity contribution is -0.144. The van der Waals surface area contributed by atoms with Crippen LogP contribution >= 0.6 is 0 Å². The summed E-state index contributed by atoms with van der Waals surface area (Å²) in [5.41, 5.74) is 1.86. The number of carbonyl (C=O) groups is 3. The van der Waals surface area contributed by atoms with E-state index in [0.29, 0.717) is 17.9 Å². The van der Waals surface area contributed by atoms with Crippen LogP contribution in [0.1, 0.15) is 48.5 Å². The zero-order chi connectivity index (χ0) is 17.5. The Morgan fingerprint density at radius 2 is 1.88 bits per heavy atom. The average Bonchev–Trinajstić information content (AvgIpc) is 3.07. The van der Waals surface area contributed by atoms with E-state index >= 15 is 0 Å². The maximum Gasteiger partial charge on any atom is 0.306 e. The number of ether oxygens (including phenoxy) is 1. The van der Waals surface area contributed by atoms with Crippen molar-refractivity contribution in [2.24, 2.45) is 0 Å². The quantitative estimate of drug-likeness (QED) is 0.812. The van der Waals surface area contributed by atoms with Gasteiger partial charge in [-0.2, -0.15) is 0 Å². The number of nitrogens with zero attached hydrogens (tertiary/aromatic N) is 1. The molecule has 0 aromatic heterocycles. The summed E-state index contributed by atoms with van der Waals surface area (Å²) < 4.78 is 4.81. The molecule has 1 aromatic carbocycles. The normalized spacial score (nSPS) is 13.7. The molecule has 1 N–H and O–H groups in total. The molecule has 1 aliphatic heterocycles. The molecule has 1 heterocycles. The van der Waals surface area contributed by atoms with Gasteiger partial charge < -0.3 is 15.0 Å². The van der Waals surface area contributed by atoms with Gasteiger partial charge in [-0.1, -0.05) is 12.1 Å². The number of esters is 1. The first-order valence-corrected chi connectivity index (χ1v) is 8.37. The van der Waals surface area contributed by atoms with Crippen molar-refractivity contribution in [1.82, 2.24) is 4.90 Å². The first-order chi connectivity index (χ1) is 11.5. The molecular weight excluding hydrogens is 308 g/mol. The lowest BCUT2D eigenvalue weighted by Crippen LogP contribution is -2.29. The summed E-state index contributed by atoms with van der Waals surface area (Å²) in [6.07, 6.45) is 2.09. The Morgan fingerprint density at radius 1 is 1.17 bits per heavy atom. The van der Waals surface area contributed by atoms with Crippen LogP contribution in [0.15, 0.2) is 18.2 Å². The zero-order valence-corrected chi connectivity index (χ0v) is 14.3. The van der Waals surface area contributed by atoms with Crippen molar-refractivity contribution in [1.29, 1.82) is 0 Å². The fourth-order valence-corrected chi connectivity index (χ4v) is 2.80. The van der Waals surface area contributed by atoms with Crippen molar-refractivity contribution in [2.75, 3.05) is 25.0 Å². The van der Waals surface area contributed by atoms with E-state index in [-0.39, 0.29) is 24.7 Å². The van der Waals surface area contributed by atoms with Crippen LogP contribution in [-0.4, -0.2) is 42.4 Å². The summed E-state index contributed by atoms with van der Waals surface area (Å²) in [4.78, 5) is 38.0. The number of amides is 2. The Balaban J connectivity index is 2.07. The number of benzene rings is 1. The molecule has 2 rings (SSSR count). The number of anilines is 1. The lowest BCUT2D eigenvalue weighted by Gasteiger charge is -2.19. The molecule has 1 fully saturated rings. The molecule has 6 heteroatoms. The van der Waals surface area contributed by atoms with Gasteiger partial charge in [-0.3, -0.25) is 14.4 Å². The summed E-state index contributed by atoms with van der Waals surface area (Å²) in [6.45, 7) is 5.39. The maximum atomic E-state index is 12.7. The standard InChI is InChI=1S/C18H24N2O4/c1-3-24-16(22)10-9-15(21)19-14-8-6-7-13(2)17(14)18(23)20-11-4-5-12-20/h6-8H,3-5,9-12H2,1-2H3,(H,19,21). The Hall–Kier alpha value is -2.37.